The van der Waals surface area contributed by atoms with Crippen LogP contribution in [0.2, 0.25) is 0 Å². The zero-order chi connectivity index (χ0) is 7.84. The molecule has 0 aromatic carbocycles. The second kappa shape index (κ2) is 3.30. The molecular weight excluding hydrogens is 169 g/mol. The molecule has 2 aromatic heterocycles. The minimum atomic E-state index is -0.609. The SMILES string of the molecule is O=c1[n-]c(=O)c2[nH]ccc2[nH]1.[Na+]. The van der Waals surface area contributed by atoms with Crippen LogP contribution in [0.1, 0.15) is 0 Å². The standard InChI is InChI=1S/C6H5N3O2.Na/c10-5-4-3(1-2-7-4)8-6(11)9-5;/h1-2H,(H3,7,8,9,10,11);/q;+1/p-1. The van der Waals surface area contributed by atoms with Gasteiger partial charge in [0.05, 0.1) is 5.52 Å². The van der Waals surface area contributed by atoms with Gasteiger partial charge in [-0.15, -0.1) is 0 Å². The van der Waals surface area contributed by atoms with Gasteiger partial charge in [0.2, 0.25) is 0 Å². The molecule has 56 valence electrons. The van der Waals surface area contributed by atoms with Gasteiger partial charge in [-0.3, -0.25) is 9.59 Å². The van der Waals surface area contributed by atoms with Crippen molar-refractivity contribution >= 4 is 11.0 Å². The quantitative estimate of drug-likeness (QED) is 0.401. The van der Waals surface area contributed by atoms with E-state index in [-0.39, 0.29) is 29.6 Å². The van der Waals surface area contributed by atoms with Crippen LogP contribution >= 0.6 is 0 Å². The fourth-order valence-corrected chi connectivity index (χ4v) is 0.942. The molecule has 0 aliphatic rings. The Morgan fingerprint density at radius 3 is 2.83 bits per heavy atom. The normalized spacial score (nSPS) is 9.67. The molecule has 2 heterocycles. The molecule has 0 aliphatic carbocycles. The molecule has 0 amide bonds. The van der Waals surface area contributed by atoms with Crippen LogP contribution in [0.15, 0.2) is 21.9 Å². The molecule has 2 N–H and O–H groups in total. The number of nitrogens with one attached hydrogen (secondary N) is 2. The topological polar surface area (TPSA) is 79.8 Å². The van der Waals surface area contributed by atoms with E-state index in [1.165, 1.54) is 0 Å². The molecule has 0 atom stereocenters. The minimum absolute atomic E-state index is 0. The molecule has 0 radical (unpaired) electrons. The maximum Gasteiger partial charge on any atom is 1.00 e. The van der Waals surface area contributed by atoms with E-state index in [0.29, 0.717) is 11.0 Å². The predicted octanol–water partition coefficient (Wildman–Crippen LogP) is -3.82. The van der Waals surface area contributed by atoms with E-state index < -0.39 is 11.2 Å². The molecule has 0 saturated carbocycles. The van der Waals surface area contributed by atoms with Crippen molar-refractivity contribution in [1.82, 2.24) is 15.0 Å². The molecule has 0 bridgehead atoms. The smallest absolute Gasteiger partial charge is 0.422 e. The van der Waals surface area contributed by atoms with Gasteiger partial charge in [0.1, 0.15) is 0 Å². The van der Waals surface area contributed by atoms with Crippen molar-refractivity contribution in [1.29, 1.82) is 0 Å². The third-order valence-corrected chi connectivity index (χ3v) is 1.41. The van der Waals surface area contributed by atoms with E-state index in [1.807, 2.05) is 0 Å². The van der Waals surface area contributed by atoms with Gasteiger partial charge in [0, 0.05) is 6.20 Å². The Hall–Kier alpha value is -0.780. The first-order valence-corrected chi connectivity index (χ1v) is 3.02. The van der Waals surface area contributed by atoms with Gasteiger partial charge in [-0.2, -0.15) is 0 Å². The van der Waals surface area contributed by atoms with Gasteiger partial charge in [-0.1, -0.05) is 0 Å². The summed E-state index contributed by atoms with van der Waals surface area (Å²) < 4.78 is 0. The summed E-state index contributed by atoms with van der Waals surface area (Å²) in [5.41, 5.74) is -0.296. The summed E-state index contributed by atoms with van der Waals surface area (Å²) in [6.45, 7) is 0. The second-order valence-corrected chi connectivity index (χ2v) is 2.11. The van der Waals surface area contributed by atoms with Crippen LogP contribution in [-0.2, 0) is 0 Å². The maximum atomic E-state index is 10.9. The fraction of sp³-hybridized carbons (Fsp3) is 0. The van der Waals surface area contributed by atoms with Gasteiger partial charge in [-0.25, -0.2) is 0 Å². The van der Waals surface area contributed by atoms with Crippen molar-refractivity contribution in [2.24, 2.45) is 0 Å². The Labute approximate surface area is 88.5 Å². The Bertz CT molecular complexity index is 495. The summed E-state index contributed by atoms with van der Waals surface area (Å²) in [6, 6.07) is 1.61. The van der Waals surface area contributed by atoms with Gasteiger partial charge in [0.15, 0.2) is 11.2 Å². The number of aromatic nitrogens is 3. The summed E-state index contributed by atoms with van der Waals surface area (Å²) in [7, 11) is 0. The van der Waals surface area contributed by atoms with E-state index in [4.69, 9.17) is 0 Å². The largest absolute Gasteiger partial charge is 1.00 e. The van der Waals surface area contributed by atoms with Crippen molar-refractivity contribution in [2.75, 3.05) is 0 Å². The van der Waals surface area contributed by atoms with E-state index in [0.717, 1.165) is 0 Å². The third-order valence-electron chi connectivity index (χ3n) is 1.41. The van der Waals surface area contributed by atoms with Crippen molar-refractivity contribution in [3.8, 4) is 0 Å². The molecule has 0 unspecified atom stereocenters. The van der Waals surface area contributed by atoms with Crippen molar-refractivity contribution < 1.29 is 29.6 Å². The third kappa shape index (κ3) is 1.38. The molecule has 0 aliphatic heterocycles. The molecule has 6 heteroatoms. The molecule has 0 spiro atoms. The number of aromatic amines is 2. The minimum Gasteiger partial charge on any atom is -0.422 e. The Kier molecular flexibility index (Phi) is 2.56. The summed E-state index contributed by atoms with van der Waals surface area (Å²) in [4.78, 5) is 29.8. The summed E-state index contributed by atoms with van der Waals surface area (Å²) in [5, 5.41) is 0. The first kappa shape index (κ1) is 9.31. The number of hydrogen-bond donors (Lipinski definition) is 2. The Morgan fingerprint density at radius 1 is 1.33 bits per heavy atom. The number of hydrogen-bond acceptors (Lipinski definition) is 2. The Balaban J connectivity index is 0.000000720. The molecule has 2 aromatic rings. The van der Waals surface area contributed by atoms with Crippen LogP contribution < -0.4 is 45.8 Å². The second-order valence-electron chi connectivity index (χ2n) is 2.11. The van der Waals surface area contributed by atoms with Crippen molar-refractivity contribution in [3.63, 3.8) is 0 Å². The Morgan fingerprint density at radius 2 is 2.08 bits per heavy atom. The fourth-order valence-electron chi connectivity index (χ4n) is 0.942. The van der Waals surface area contributed by atoms with Crippen LogP contribution in [-0.4, -0.2) is 9.97 Å². The first-order chi connectivity index (χ1) is 5.27. The number of H-pyrrole nitrogens is 2. The molecule has 0 fully saturated rings. The number of rotatable bonds is 0. The average Bonchev–Trinajstić information content (AvgIpc) is 2.34. The van der Waals surface area contributed by atoms with Crippen LogP contribution in [0.3, 0.4) is 0 Å². The number of nitrogens with zero attached hydrogens (tertiary/aromatic N) is 1. The van der Waals surface area contributed by atoms with Gasteiger partial charge >= 0.3 is 29.6 Å². The van der Waals surface area contributed by atoms with Crippen LogP contribution in [0.25, 0.3) is 11.0 Å². The van der Waals surface area contributed by atoms with Crippen LogP contribution in [0.5, 0.6) is 0 Å². The maximum absolute atomic E-state index is 10.9. The summed E-state index contributed by atoms with van der Waals surface area (Å²) in [5.74, 6) is 0. The summed E-state index contributed by atoms with van der Waals surface area (Å²) >= 11 is 0. The monoisotopic (exact) mass is 173 g/mol. The predicted molar refractivity (Wildman–Crippen MR) is 38.5 cm³/mol. The van der Waals surface area contributed by atoms with Gasteiger partial charge in [0.25, 0.3) is 0 Å². The zero-order valence-electron chi connectivity index (χ0n) is 6.42. The van der Waals surface area contributed by atoms with Crippen LogP contribution in [0, 0.1) is 0 Å². The number of fused-ring (bicyclic) bond motifs is 1. The van der Waals surface area contributed by atoms with Crippen molar-refractivity contribution in [2.45, 2.75) is 0 Å². The van der Waals surface area contributed by atoms with E-state index >= 15 is 0 Å². The average molecular weight is 173 g/mol. The molecule has 0 saturated heterocycles. The summed E-state index contributed by atoms with van der Waals surface area (Å²) in [6.07, 6.45) is 1.57. The van der Waals surface area contributed by atoms with E-state index in [2.05, 4.69) is 15.0 Å². The molecular formula is C6H4N3NaO2. The van der Waals surface area contributed by atoms with Gasteiger partial charge < -0.3 is 15.0 Å². The molecule has 2 rings (SSSR count). The molecule has 5 nitrogen and oxygen atoms in total. The first-order valence-electron chi connectivity index (χ1n) is 3.02. The van der Waals surface area contributed by atoms with Gasteiger partial charge in [-0.05, 0) is 11.6 Å². The molecule has 12 heavy (non-hydrogen) atoms. The van der Waals surface area contributed by atoms with E-state index in [9.17, 15) is 9.59 Å². The van der Waals surface area contributed by atoms with E-state index in [1.54, 1.807) is 12.3 Å². The van der Waals surface area contributed by atoms with Crippen LogP contribution in [0.4, 0.5) is 0 Å². The zero-order valence-corrected chi connectivity index (χ0v) is 8.42. The van der Waals surface area contributed by atoms with Crippen molar-refractivity contribution in [3.05, 3.63) is 33.1 Å².